The van der Waals surface area contributed by atoms with Crippen LogP contribution in [0.1, 0.15) is 56.8 Å². The summed E-state index contributed by atoms with van der Waals surface area (Å²) in [6, 6.07) is 7.13. The lowest BCUT2D eigenvalue weighted by molar-refractivity contribution is 0.0899. The summed E-state index contributed by atoms with van der Waals surface area (Å²) >= 11 is 0. The molecule has 0 aliphatic heterocycles. The van der Waals surface area contributed by atoms with Gasteiger partial charge in [0.15, 0.2) is 0 Å². The fraction of sp³-hybridized carbons (Fsp3) is 0.650. The molecule has 0 saturated heterocycles. The average Bonchev–Trinajstić information content (AvgIpc) is 2.64. The Morgan fingerprint density at radius 2 is 1.65 bits per heavy atom. The van der Waals surface area contributed by atoms with Crippen molar-refractivity contribution in [2.45, 2.75) is 58.6 Å². The molecule has 0 aliphatic carbocycles. The van der Waals surface area contributed by atoms with Gasteiger partial charge in [0, 0.05) is 13.6 Å². The number of hydrogen-bond acceptors (Lipinski definition) is 4. The number of unbranched alkanes of at least 4 members (excludes halogenated alkanes) is 2. The molecule has 2 atom stereocenters. The largest absolute Gasteiger partial charge is 0.395 e. The summed E-state index contributed by atoms with van der Waals surface area (Å²) in [5.41, 5.74) is 1.94. The van der Waals surface area contributed by atoms with Crippen LogP contribution in [-0.4, -0.2) is 49.0 Å². The van der Waals surface area contributed by atoms with Crippen LogP contribution in [0.3, 0.4) is 0 Å². The van der Waals surface area contributed by atoms with E-state index in [1.807, 2.05) is 31.2 Å². The molecule has 0 spiro atoms. The number of aliphatic hydroxyl groups excluding tert-OH is 2. The first kappa shape index (κ1) is 24.4. The summed E-state index contributed by atoms with van der Waals surface area (Å²) in [4.78, 5) is 11.0. The highest BCUT2D eigenvalue weighted by Crippen LogP contribution is 2.17. The monoisotopic (exact) mass is 367 g/mol. The molecule has 1 aromatic carbocycles. The van der Waals surface area contributed by atoms with Gasteiger partial charge in [-0.3, -0.25) is 0 Å². The number of hydrogen-bond donors (Lipinski definition) is 5. The van der Waals surface area contributed by atoms with E-state index in [1.54, 1.807) is 7.05 Å². The van der Waals surface area contributed by atoms with E-state index < -0.39 is 6.10 Å². The third kappa shape index (κ3) is 11.1. The molecule has 0 aliphatic rings. The second kappa shape index (κ2) is 15.6. The van der Waals surface area contributed by atoms with Crippen molar-refractivity contribution in [2.75, 3.05) is 26.7 Å². The van der Waals surface area contributed by atoms with E-state index in [0.717, 1.165) is 30.4 Å². The van der Waals surface area contributed by atoms with Crippen LogP contribution in [0.2, 0.25) is 0 Å². The van der Waals surface area contributed by atoms with Gasteiger partial charge in [0.2, 0.25) is 0 Å². The Hall–Kier alpha value is -1.63. The summed E-state index contributed by atoms with van der Waals surface area (Å²) in [6.07, 6.45) is 3.32. The summed E-state index contributed by atoms with van der Waals surface area (Å²) in [5.74, 6) is 0. The Bertz CT molecular complexity index is 466. The number of aliphatic hydroxyl groups is 2. The Kier molecular flexibility index (Phi) is 14.6. The summed E-state index contributed by atoms with van der Waals surface area (Å²) in [6.45, 7) is 7.49. The third-order valence-electron chi connectivity index (χ3n) is 3.77. The standard InChI is InChI=1S/C17H29N3O3.C3H8/c1-13-6-8-14(9-7-13)16(22)15(12-21)19-10-4-3-5-11-20-17(23)18-2;1-3-2/h6-9,15-16,19,21-22H,3-5,10-12H2,1-2H3,(H2,18,20,23);3H2,1-2H3/t15-,16-;/m1./s1. The summed E-state index contributed by atoms with van der Waals surface area (Å²) < 4.78 is 0. The van der Waals surface area contributed by atoms with Crippen molar-refractivity contribution in [2.24, 2.45) is 0 Å². The van der Waals surface area contributed by atoms with Gasteiger partial charge >= 0.3 is 6.03 Å². The maximum absolute atomic E-state index is 11.0. The Balaban J connectivity index is 0.00000194. The molecule has 0 heterocycles. The number of benzene rings is 1. The van der Waals surface area contributed by atoms with E-state index in [0.29, 0.717) is 13.1 Å². The number of carbonyl (C=O) groups excluding carboxylic acids is 1. The number of nitrogens with one attached hydrogen (secondary N) is 3. The van der Waals surface area contributed by atoms with Gasteiger partial charge in [0.1, 0.15) is 0 Å². The molecule has 1 aromatic rings. The zero-order chi connectivity index (χ0) is 19.8. The van der Waals surface area contributed by atoms with Crippen molar-refractivity contribution < 1.29 is 15.0 Å². The van der Waals surface area contributed by atoms with E-state index in [2.05, 4.69) is 29.8 Å². The fourth-order valence-electron chi connectivity index (χ4n) is 2.28. The summed E-state index contributed by atoms with van der Waals surface area (Å²) in [5, 5.41) is 28.2. The second-order valence-electron chi connectivity index (χ2n) is 6.37. The quantitative estimate of drug-likeness (QED) is 0.411. The van der Waals surface area contributed by atoms with Crippen molar-refractivity contribution in [1.82, 2.24) is 16.0 Å². The van der Waals surface area contributed by atoms with Gasteiger partial charge < -0.3 is 26.2 Å². The molecule has 0 bridgehead atoms. The van der Waals surface area contributed by atoms with Crippen LogP contribution in [0.25, 0.3) is 0 Å². The maximum Gasteiger partial charge on any atom is 0.314 e. The van der Waals surface area contributed by atoms with Crippen LogP contribution >= 0.6 is 0 Å². The molecule has 5 N–H and O–H groups in total. The van der Waals surface area contributed by atoms with Gasteiger partial charge in [-0.2, -0.15) is 0 Å². The first-order chi connectivity index (χ1) is 12.5. The molecule has 1 rings (SSSR count). The molecular formula is C20H37N3O3. The molecule has 2 amide bonds. The van der Waals surface area contributed by atoms with E-state index in [-0.39, 0.29) is 18.7 Å². The lowest BCUT2D eigenvalue weighted by Crippen LogP contribution is -2.38. The number of carbonyl (C=O) groups is 1. The number of rotatable bonds is 10. The molecule has 0 saturated carbocycles. The van der Waals surface area contributed by atoms with E-state index in [1.165, 1.54) is 6.42 Å². The Morgan fingerprint density at radius 1 is 1.08 bits per heavy atom. The zero-order valence-corrected chi connectivity index (χ0v) is 16.7. The van der Waals surface area contributed by atoms with Gasteiger partial charge in [-0.05, 0) is 31.9 Å². The van der Waals surface area contributed by atoms with Crippen molar-refractivity contribution in [3.05, 3.63) is 35.4 Å². The molecule has 6 heteroatoms. The molecule has 150 valence electrons. The minimum absolute atomic E-state index is 0.118. The first-order valence-electron chi connectivity index (χ1n) is 9.54. The van der Waals surface area contributed by atoms with E-state index >= 15 is 0 Å². The summed E-state index contributed by atoms with van der Waals surface area (Å²) in [7, 11) is 1.59. The molecular weight excluding hydrogens is 330 g/mol. The third-order valence-corrected chi connectivity index (χ3v) is 3.77. The first-order valence-corrected chi connectivity index (χ1v) is 9.54. The van der Waals surface area contributed by atoms with E-state index in [9.17, 15) is 15.0 Å². The van der Waals surface area contributed by atoms with Gasteiger partial charge in [0.25, 0.3) is 0 Å². The van der Waals surface area contributed by atoms with Crippen molar-refractivity contribution in [3.8, 4) is 0 Å². The van der Waals surface area contributed by atoms with Crippen LogP contribution in [0.4, 0.5) is 4.79 Å². The Morgan fingerprint density at radius 3 is 2.19 bits per heavy atom. The van der Waals surface area contributed by atoms with Crippen molar-refractivity contribution in [1.29, 1.82) is 0 Å². The van der Waals surface area contributed by atoms with Crippen molar-refractivity contribution in [3.63, 3.8) is 0 Å². The molecule has 0 fully saturated rings. The van der Waals surface area contributed by atoms with Crippen LogP contribution in [0.5, 0.6) is 0 Å². The predicted molar refractivity (Wildman–Crippen MR) is 107 cm³/mol. The van der Waals surface area contributed by atoms with Gasteiger partial charge in [-0.25, -0.2) is 4.79 Å². The Labute approximate surface area is 158 Å². The fourth-order valence-corrected chi connectivity index (χ4v) is 2.28. The lowest BCUT2D eigenvalue weighted by Gasteiger charge is -2.23. The number of amides is 2. The highest BCUT2D eigenvalue weighted by molar-refractivity contribution is 5.73. The van der Waals surface area contributed by atoms with E-state index in [4.69, 9.17) is 0 Å². The highest BCUT2D eigenvalue weighted by Gasteiger charge is 2.19. The molecule has 0 radical (unpaired) electrons. The molecule has 0 aromatic heterocycles. The highest BCUT2D eigenvalue weighted by atomic mass is 16.3. The number of urea groups is 1. The predicted octanol–water partition coefficient (Wildman–Crippen LogP) is 2.49. The van der Waals surface area contributed by atoms with Crippen LogP contribution in [-0.2, 0) is 0 Å². The van der Waals surface area contributed by atoms with Crippen molar-refractivity contribution >= 4 is 6.03 Å². The maximum atomic E-state index is 11.0. The molecule has 26 heavy (non-hydrogen) atoms. The lowest BCUT2D eigenvalue weighted by atomic mass is 10.0. The van der Waals surface area contributed by atoms with Gasteiger partial charge in [0.05, 0.1) is 18.8 Å². The van der Waals surface area contributed by atoms with Crippen LogP contribution < -0.4 is 16.0 Å². The average molecular weight is 368 g/mol. The van der Waals surface area contributed by atoms with Gasteiger partial charge in [-0.1, -0.05) is 56.5 Å². The second-order valence-corrected chi connectivity index (χ2v) is 6.37. The number of aryl methyl sites for hydroxylation is 1. The normalized spacial score (nSPS) is 12.5. The van der Waals surface area contributed by atoms with Crippen LogP contribution in [0, 0.1) is 6.92 Å². The topological polar surface area (TPSA) is 93.6 Å². The smallest absolute Gasteiger partial charge is 0.314 e. The minimum atomic E-state index is -0.726. The zero-order valence-electron chi connectivity index (χ0n) is 16.7. The van der Waals surface area contributed by atoms with Crippen LogP contribution in [0.15, 0.2) is 24.3 Å². The van der Waals surface area contributed by atoms with Gasteiger partial charge in [-0.15, -0.1) is 0 Å². The minimum Gasteiger partial charge on any atom is -0.395 e. The molecule has 0 unspecified atom stereocenters. The SMILES string of the molecule is CCC.CNC(=O)NCCCCCN[C@H](CO)[C@H](O)c1ccc(C)cc1. The molecule has 6 nitrogen and oxygen atoms in total.